The minimum atomic E-state index is -0.00294. The van der Waals surface area contributed by atoms with Gasteiger partial charge in [0.05, 0.1) is 0 Å². The van der Waals surface area contributed by atoms with Crippen LogP contribution >= 0.6 is 0 Å². The summed E-state index contributed by atoms with van der Waals surface area (Å²) in [5.41, 5.74) is 18.6. The molecule has 2 heterocycles. The molecule has 0 atom stereocenters. The highest BCUT2D eigenvalue weighted by Crippen LogP contribution is 2.46. The Balaban J connectivity index is 1.64. The third kappa shape index (κ3) is 4.01. The summed E-state index contributed by atoms with van der Waals surface area (Å²) in [6.45, 7) is 16.2. The molecule has 0 bridgehead atoms. The molecule has 0 N–H and O–H groups in total. The number of anilines is 5. The van der Waals surface area contributed by atoms with E-state index in [0.29, 0.717) is 0 Å². The number of benzene rings is 4. The fourth-order valence-electron chi connectivity index (χ4n) is 7.06. The van der Waals surface area contributed by atoms with Crippen molar-refractivity contribution >= 4 is 51.5 Å². The number of hydrogen-bond donors (Lipinski definition) is 0. The molecule has 4 aromatic carbocycles. The lowest BCUT2D eigenvalue weighted by atomic mass is 9.33. The number of hydrogen-bond acceptors (Lipinski definition) is 2. The Labute approximate surface area is 246 Å². The Morgan fingerprint density at radius 2 is 1.20 bits per heavy atom. The van der Waals surface area contributed by atoms with Gasteiger partial charge in [0.15, 0.2) is 0 Å². The van der Waals surface area contributed by atoms with E-state index in [1.54, 1.807) is 0 Å². The first-order chi connectivity index (χ1) is 19.6. The van der Waals surface area contributed by atoms with Crippen molar-refractivity contribution in [1.82, 2.24) is 0 Å². The molecule has 0 radical (unpaired) electrons. The van der Waals surface area contributed by atoms with Crippen LogP contribution in [0.5, 0.6) is 0 Å². The fourth-order valence-corrected chi connectivity index (χ4v) is 7.06. The molecule has 0 saturated heterocycles. The van der Waals surface area contributed by atoms with Gasteiger partial charge < -0.3 is 9.80 Å². The molecule has 0 fully saturated rings. The van der Waals surface area contributed by atoms with Gasteiger partial charge in [0.25, 0.3) is 6.71 Å². The van der Waals surface area contributed by atoms with Gasteiger partial charge in [0, 0.05) is 34.1 Å². The van der Waals surface area contributed by atoms with Crippen LogP contribution in [0, 0.1) is 20.8 Å². The lowest BCUT2D eigenvalue weighted by Crippen LogP contribution is -2.62. The van der Waals surface area contributed by atoms with E-state index >= 15 is 0 Å². The molecule has 4 aromatic rings. The quantitative estimate of drug-likeness (QED) is 0.210. The predicted octanol–water partition coefficient (Wildman–Crippen LogP) is 8.28. The summed E-state index contributed by atoms with van der Waals surface area (Å²) in [5, 5.41) is 0. The van der Waals surface area contributed by atoms with E-state index in [0.717, 1.165) is 12.8 Å². The van der Waals surface area contributed by atoms with Gasteiger partial charge in [0.2, 0.25) is 0 Å². The first-order valence-corrected chi connectivity index (χ1v) is 15.1. The average Bonchev–Trinajstić information content (AvgIpc) is 2.93. The largest absolute Gasteiger partial charge is 0.312 e. The van der Waals surface area contributed by atoms with Gasteiger partial charge in [-0.25, -0.2) is 0 Å². The average molecular weight is 535 g/mol. The van der Waals surface area contributed by atoms with Gasteiger partial charge in [-0.2, -0.15) is 0 Å². The van der Waals surface area contributed by atoms with Crippen LogP contribution in [-0.4, -0.2) is 6.71 Å². The summed E-state index contributed by atoms with van der Waals surface area (Å²) in [4.78, 5) is 5.13. The van der Waals surface area contributed by atoms with Crippen LogP contribution < -0.4 is 26.2 Å². The topological polar surface area (TPSA) is 6.48 Å². The molecular weight excluding hydrogens is 495 g/mol. The second-order valence-electron chi connectivity index (χ2n) is 13.2. The Morgan fingerprint density at radius 3 is 1.80 bits per heavy atom. The fraction of sp³-hybridized carbons (Fsp3) is 0.263. The molecule has 3 aliphatic rings. The zero-order valence-electron chi connectivity index (χ0n) is 25.5. The number of rotatable bonds is 2. The van der Waals surface area contributed by atoms with Crippen LogP contribution in [0.15, 0.2) is 96.2 Å². The molecule has 0 spiro atoms. The summed E-state index contributed by atoms with van der Waals surface area (Å²) in [6, 6.07) is 28.0. The lowest BCUT2D eigenvalue weighted by molar-refractivity contribution is 0.590. The number of aryl methyl sites for hydroxylation is 3. The molecule has 204 valence electrons. The van der Waals surface area contributed by atoms with Crippen molar-refractivity contribution in [2.45, 2.75) is 66.7 Å². The zero-order chi connectivity index (χ0) is 28.6. The highest BCUT2D eigenvalue weighted by molar-refractivity contribution is 7.00. The molecular formula is C38H39BN2. The predicted molar refractivity (Wildman–Crippen MR) is 178 cm³/mol. The maximum atomic E-state index is 2.58. The van der Waals surface area contributed by atoms with Crippen molar-refractivity contribution < 1.29 is 0 Å². The smallest absolute Gasteiger partial charge is 0.252 e. The molecule has 1 aliphatic carbocycles. The van der Waals surface area contributed by atoms with Crippen LogP contribution in [-0.2, 0) is 5.41 Å². The van der Waals surface area contributed by atoms with Crippen molar-refractivity contribution in [3.05, 3.63) is 118 Å². The molecule has 2 aliphatic heterocycles. The van der Waals surface area contributed by atoms with Crippen molar-refractivity contribution in [2.75, 3.05) is 9.80 Å². The van der Waals surface area contributed by atoms with Gasteiger partial charge in [-0.05, 0) is 109 Å². The Morgan fingerprint density at radius 1 is 0.610 bits per heavy atom. The summed E-state index contributed by atoms with van der Waals surface area (Å²) in [7, 11) is 0. The summed E-state index contributed by atoms with van der Waals surface area (Å²) >= 11 is 0. The first-order valence-electron chi connectivity index (χ1n) is 15.1. The molecule has 41 heavy (non-hydrogen) atoms. The molecule has 3 heteroatoms. The van der Waals surface area contributed by atoms with Gasteiger partial charge in [0.1, 0.15) is 0 Å². The molecule has 7 rings (SSSR count). The van der Waals surface area contributed by atoms with Crippen LogP contribution in [0.2, 0.25) is 0 Å². The third-order valence-electron chi connectivity index (χ3n) is 9.20. The Hall–Kier alpha value is -3.98. The van der Waals surface area contributed by atoms with Gasteiger partial charge in [-0.3, -0.25) is 0 Å². The van der Waals surface area contributed by atoms with E-state index in [9.17, 15) is 0 Å². The summed E-state index contributed by atoms with van der Waals surface area (Å²) in [5.74, 6) is 0. The van der Waals surface area contributed by atoms with E-state index in [2.05, 4.69) is 143 Å². The standard InChI is InChI=1S/C38H39BN2/c1-24-16-18-33-29(20-24)39-30-21-25(2)17-19-34(30)41(32-15-11-9-13-27(32)4)36-23-28(38(5,6)7)22-35(37(36)39)40(33)31-14-10-8-12-26(31)3/h8,10,12-23H,9,11H2,1-7H3. The number of nitrogens with zero attached hydrogens (tertiary/aromatic N) is 2. The third-order valence-corrected chi connectivity index (χ3v) is 9.20. The van der Waals surface area contributed by atoms with E-state index in [4.69, 9.17) is 0 Å². The molecule has 0 aromatic heterocycles. The lowest BCUT2D eigenvalue weighted by Gasteiger charge is -2.46. The number of fused-ring (bicyclic) bond motifs is 4. The summed E-state index contributed by atoms with van der Waals surface area (Å²) < 4.78 is 0. The Bertz CT molecular complexity index is 1780. The molecule has 2 nitrogen and oxygen atoms in total. The molecule has 0 unspecified atom stereocenters. The van der Waals surface area contributed by atoms with Gasteiger partial charge >= 0.3 is 0 Å². The monoisotopic (exact) mass is 534 g/mol. The van der Waals surface area contributed by atoms with Crippen LogP contribution in [0.3, 0.4) is 0 Å². The minimum Gasteiger partial charge on any atom is -0.312 e. The van der Waals surface area contributed by atoms with Crippen LogP contribution in [0.1, 0.15) is 62.8 Å². The van der Waals surface area contributed by atoms with Gasteiger partial charge in [-0.15, -0.1) is 0 Å². The van der Waals surface area contributed by atoms with Gasteiger partial charge in [-0.1, -0.05) is 86.5 Å². The van der Waals surface area contributed by atoms with E-state index in [-0.39, 0.29) is 12.1 Å². The van der Waals surface area contributed by atoms with Crippen LogP contribution in [0.25, 0.3) is 0 Å². The Kier molecular flexibility index (Phi) is 5.87. The maximum Gasteiger partial charge on any atom is 0.252 e. The minimum absolute atomic E-state index is 0.00294. The number of para-hydroxylation sites is 1. The second kappa shape index (κ2) is 9.28. The zero-order valence-corrected chi connectivity index (χ0v) is 25.5. The maximum absolute atomic E-state index is 2.58. The normalized spacial score (nSPS) is 15.6. The highest BCUT2D eigenvalue weighted by atomic mass is 15.2. The first kappa shape index (κ1) is 26.0. The SMILES string of the molecule is CC1=CCCC=C1N1c2ccc(C)cc2B2c3cc(C)ccc3N(c3ccccc3C)c3cc(C(C)(C)C)cc1c32. The van der Waals surface area contributed by atoms with E-state index in [1.165, 1.54) is 78.3 Å². The second-order valence-corrected chi connectivity index (χ2v) is 13.2. The van der Waals surface area contributed by atoms with Crippen LogP contribution in [0.4, 0.5) is 28.4 Å². The van der Waals surface area contributed by atoms with Crippen molar-refractivity contribution in [3.63, 3.8) is 0 Å². The van der Waals surface area contributed by atoms with E-state index in [1.807, 2.05) is 0 Å². The van der Waals surface area contributed by atoms with Crippen molar-refractivity contribution in [3.8, 4) is 0 Å². The van der Waals surface area contributed by atoms with Crippen molar-refractivity contribution in [2.24, 2.45) is 0 Å². The summed E-state index contributed by atoms with van der Waals surface area (Å²) in [6.07, 6.45) is 7.05. The molecule has 0 saturated carbocycles. The van der Waals surface area contributed by atoms with E-state index < -0.39 is 0 Å². The van der Waals surface area contributed by atoms with Crippen molar-refractivity contribution in [1.29, 1.82) is 0 Å². The highest BCUT2D eigenvalue weighted by Gasteiger charge is 2.44. The number of allylic oxidation sites excluding steroid dienone is 3. The molecule has 0 amide bonds.